The van der Waals surface area contributed by atoms with Gasteiger partial charge in [-0.3, -0.25) is 0 Å². The molecule has 1 spiro atoms. The lowest BCUT2D eigenvalue weighted by atomic mass is 9.65. The molecule has 314 valence electrons. The maximum Gasteiger partial charge on any atom is 0.0596 e. The predicted octanol–water partition coefficient (Wildman–Crippen LogP) is 15.7. The van der Waals surface area contributed by atoms with Gasteiger partial charge < -0.3 is 9.80 Å². The van der Waals surface area contributed by atoms with Crippen molar-refractivity contribution in [3.63, 3.8) is 0 Å². The van der Waals surface area contributed by atoms with Gasteiger partial charge in [0, 0.05) is 44.6 Å². The maximum atomic E-state index is 2.60. The number of nitrogens with zero attached hydrogens (tertiary/aromatic N) is 2. The van der Waals surface area contributed by atoms with E-state index in [-0.39, 0.29) is 22.3 Å². The smallest absolute Gasteiger partial charge is 0.0596 e. The monoisotopic (exact) mass is 836 g/mol. The predicted molar refractivity (Wildman–Crippen MR) is 273 cm³/mol. The average molecular weight is 837 g/mol. The van der Waals surface area contributed by atoms with Crippen LogP contribution < -0.4 is 9.80 Å². The van der Waals surface area contributed by atoms with E-state index in [9.17, 15) is 0 Å². The Labute approximate surface area is 383 Å². The van der Waals surface area contributed by atoms with Crippen LogP contribution in [-0.4, -0.2) is 6.04 Å². The Morgan fingerprint density at radius 3 is 1.80 bits per heavy atom. The quantitative estimate of drug-likeness (QED) is 0.163. The van der Waals surface area contributed by atoms with E-state index in [4.69, 9.17) is 0 Å². The fourth-order valence-electron chi connectivity index (χ4n) is 12.9. The summed E-state index contributed by atoms with van der Waals surface area (Å²) in [5.74, 6) is 0.361. The molecule has 2 atom stereocenters. The van der Waals surface area contributed by atoms with Gasteiger partial charge in [-0.2, -0.15) is 0 Å². The van der Waals surface area contributed by atoms with Crippen LogP contribution in [0.3, 0.4) is 0 Å². The SMILES string of the molecule is CC1(C)c2ccccc2N(c2ccc3c(c2)C2(Cc4ccccc4C2)c2cc(/C=C/c4cccc5c(N6c7ccccc7C(C)(C)C7C=CC=CC76)cccc45)ccc2-3)c2ccccc21. The Hall–Kier alpha value is -7.16. The molecular formula is C63H52N2. The summed E-state index contributed by atoms with van der Waals surface area (Å²) in [4.78, 5) is 5.12. The van der Waals surface area contributed by atoms with Crippen LogP contribution in [0, 0.1) is 5.92 Å². The van der Waals surface area contributed by atoms with E-state index in [1.165, 1.54) is 100 Å². The van der Waals surface area contributed by atoms with Crippen molar-refractivity contribution in [2.24, 2.45) is 5.92 Å². The molecule has 2 heteroatoms. The van der Waals surface area contributed by atoms with E-state index in [1.807, 2.05) is 0 Å². The van der Waals surface area contributed by atoms with Crippen LogP contribution in [0.15, 0.2) is 194 Å². The molecule has 5 aliphatic rings. The third kappa shape index (κ3) is 5.47. The molecule has 8 aromatic rings. The van der Waals surface area contributed by atoms with Gasteiger partial charge in [0.05, 0.1) is 17.4 Å². The highest BCUT2D eigenvalue weighted by atomic mass is 15.2. The first kappa shape index (κ1) is 38.3. The molecule has 0 saturated carbocycles. The minimum Gasteiger partial charge on any atom is -0.333 e. The van der Waals surface area contributed by atoms with Crippen LogP contribution in [0.1, 0.15) is 77.8 Å². The van der Waals surface area contributed by atoms with E-state index in [0.29, 0.717) is 5.92 Å². The second-order valence-electron chi connectivity index (χ2n) is 20.2. The summed E-state index contributed by atoms with van der Waals surface area (Å²) >= 11 is 0. The molecule has 0 radical (unpaired) electrons. The molecule has 3 aliphatic carbocycles. The van der Waals surface area contributed by atoms with Crippen molar-refractivity contribution in [3.05, 3.63) is 244 Å². The summed E-state index contributed by atoms with van der Waals surface area (Å²) in [5.41, 5.74) is 21.2. The summed E-state index contributed by atoms with van der Waals surface area (Å²) in [5, 5.41) is 2.54. The van der Waals surface area contributed by atoms with Crippen molar-refractivity contribution >= 4 is 51.4 Å². The zero-order valence-electron chi connectivity index (χ0n) is 37.6. The molecule has 2 nitrogen and oxygen atoms in total. The largest absolute Gasteiger partial charge is 0.333 e. The number of allylic oxidation sites excluding steroid dienone is 2. The summed E-state index contributed by atoms with van der Waals surface area (Å²) in [6, 6.07) is 64.7. The Bertz CT molecular complexity index is 3300. The van der Waals surface area contributed by atoms with E-state index in [0.717, 1.165) is 12.8 Å². The lowest BCUT2D eigenvalue weighted by Crippen LogP contribution is -2.49. The highest BCUT2D eigenvalue weighted by Gasteiger charge is 2.48. The van der Waals surface area contributed by atoms with Crippen LogP contribution in [0.2, 0.25) is 0 Å². The summed E-state index contributed by atoms with van der Waals surface area (Å²) in [6.07, 6.45) is 16.0. The third-order valence-electron chi connectivity index (χ3n) is 16.1. The first-order valence-corrected chi connectivity index (χ1v) is 23.5. The van der Waals surface area contributed by atoms with Gasteiger partial charge >= 0.3 is 0 Å². The fraction of sp³-hybridized carbons (Fsp3) is 0.175. The molecule has 2 aliphatic heterocycles. The zero-order valence-corrected chi connectivity index (χ0v) is 37.6. The Morgan fingerprint density at radius 1 is 0.477 bits per heavy atom. The van der Waals surface area contributed by atoms with Gasteiger partial charge in [-0.15, -0.1) is 0 Å². The standard InChI is InChI=1S/C63H52N2/c1-61(2)50-22-7-11-26-57(50)64(58-27-12-8-23-51(58)61)45-34-36-48-47-35-32-41(37-54(47)63(55(48)38-45)39-43-17-5-6-18-44(43)40-63)31-33-42-19-15-21-49-46(42)20-16-30-56(49)65-59-28-13-9-24-52(59)62(3,4)53-25-10-14-29-60(53)65/h5-38,52,59H,39-40H2,1-4H3/b33-31+. The molecule has 0 saturated heterocycles. The number of hydrogen-bond acceptors (Lipinski definition) is 2. The lowest BCUT2D eigenvalue weighted by Gasteiger charge is -2.51. The first-order chi connectivity index (χ1) is 31.7. The van der Waals surface area contributed by atoms with E-state index in [1.54, 1.807) is 0 Å². The van der Waals surface area contributed by atoms with Crippen LogP contribution in [0.25, 0.3) is 34.1 Å². The minimum absolute atomic E-state index is 0.0140. The number of benzene rings is 8. The van der Waals surface area contributed by atoms with E-state index in [2.05, 4.69) is 244 Å². The molecule has 0 fully saturated rings. The molecular weight excluding hydrogens is 785 g/mol. The van der Waals surface area contributed by atoms with E-state index < -0.39 is 0 Å². The van der Waals surface area contributed by atoms with Gasteiger partial charge in [0.15, 0.2) is 0 Å². The average Bonchev–Trinajstić information content (AvgIpc) is 3.86. The number of fused-ring (bicyclic) bond motifs is 11. The summed E-state index contributed by atoms with van der Waals surface area (Å²) in [6.45, 7) is 9.55. The molecule has 2 heterocycles. The summed E-state index contributed by atoms with van der Waals surface area (Å²) < 4.78 is 0. The van der Waals surface area contributed by atoms with Crippen molar-refractivity contribution in [1.29, 1.82) is 0 Å². The van der Waals surface area contributed by atoms with Crippen molar-refractivity contribution in [2.75, 3.05) is 9.80 Å². The Morgan fingerprint density at radius 2 is 1.06 bits per heavy atom. The third-order valence-corrected chi connectivity index (χ3v) is 16.1. The topological polar surface area (TPSA) is 6.48 Å². The molecule has 65 heavy (non-hydrogen) atoms. The minimum atomic E-state index is -0.156. The second-order valence-corrected chi connectivity index (χ2v) is 20.2. The molecule has 8 aromatic carbocycles. The van der Waals surface area contributed by atoms with Crippen molar-refractivity contribution < 1.29 is 0 Å². The van der Waals surface area contributed by atoms with Crippen LogP contribution >= 0.6 is 0 Å². The van der Waals surface area contributed by atoms with Gasteiger partial charge in [-0.05, 0) is 116 Å². The Kier molecular flexibility index (Phi) is 8.20. The van der Waals surface area contributed by atoms with Gasteiger partial charge in [0.25, 0.3) is 0 Å². The van der Waals surface area contributed by atoms with E-state index >= 15 is 0 Å². The highest BCUT2D eigenvalue weighted by Crippen LogP contribution is 2.59. The van der Waals surface area contributed by atoms with Crippen molar-refractivity contribution in [2.45, 2.75) is 62.8 Å². The number of rotatable bonds is 4. The van der Waals surface area contributed by atoms with Gasteiger partial charge in [0.1, 0.15) is 0 Å². The fourth-order valence-corrected chi connectivity index (χ4v) is 12.9. The maximum absolute atomic E-state index is 2.60. The first-order valence-electron chi connectivity index (χ1n) is 23.5. The molecule has 2 unspecified atom stereocenters. The van der Waals surface area contributed by atoms with Crippen LogP contribution in [-0.2, 0) is 29.1 Å². The number of hydrogen-bond donors (Lipinski definition) is 0. The lowest BCUT2D eigenvalue weighted by molar-refractivity contribution is 0.332. The summed E-state index contributed by atoms with van der Waals surface area (Å²) in [7, 11) is 0. The molecule has 0 N–H and O–H groups in total. The van der Waals surface area contributed by atoms with Gasteiger partial charge in [-0.1, -0.05) is 198 Å². The molecule has 0 amide bonds. The van der Waals surface area contributed by atoms with Crippen molar-refractivity contribution in [3.8, 4) is 11.1 Å². The number of anilines is 5. The Balaban J connectivity index is 0.906. The zero-order chi connectivity index (χ0) is 43.7. The van der Waals surface area contributed by atoms with Crippen LogP contribution in [0.4, 0.5) is 28.4 Å². The van der Waals surface area contributed by atoms with Crippen LogP contribution in [0.5, 0.6) is 0 Å². The van der Waals surface area contributed by atoms with Gasteiger partial charge in [-0.25, -0.2) is 0 Å². The normalized spacial score (nSPS) is 19.7. The molecule has 13 rings (SSSR count). The highest BCUT2D eigenvalue weighted by molar-refractivity contribution is 6.02. The second kappa shape index (κ2) is 13.9. The molecule has 0 bridgehead atoms. The molecule has 0 aromatic heterocycles. The number of para-hydroxylation sites is 3. The van der Waals surface area contributed by atoms with Crippen molar-refractivity contribution in [1.82, 2.24) is 0 Å². The van der Waals surface area contributed by atoms with Gasteiger partial charge in [0.2, 0.25) is 0 Å².